The highest BCUT2D eigenvalue weighted by molar-refractivity contribution is 5.87. The maximum atomic E-state index is 12.3. The van der Waals surface area contributed by atoms with Crippen molar-refractivity contribution in [2.75, 3.05) is 6.61 Å². The quantitative estimate of drug-likeness (QED) is 0.684. The Morgan fingerprint density at radius 1 is 1.29 bits per heavy atom. The second-order valence-corrected chi connectivity index (χ2v) is 5.72. The summed E-state index contributed by atoms with van der Waals surface area (Å²) in [5.74, 6) is 2.74. The van der Waals surface area contributed by atoms with Crippen molar-refractivity contribution < 1.29 is 9.53 Å². The highest BCUT2D eigenvalue weighted by atomic mass is 16.5. The molecule has 2 nitrogen and oxygen atoms in total. The Balaban J connectivity index is 2.71. The van der Waals surface area contributed by atoms with Gasteiger partial charge in [0.25, 0.3) is 0 Å². The number of carbonyl (C=O) groups excluding carboxylic acids is 1. The minimum Gasteiger partial charge on any atom is -0.368 e. The van der Waals surface area contributed by atoms with Crippen molar-refractivity contribution in [2.24, 2.45) is 5.41 Å². The molecule has 0 N–H and O–H groups in total. The fourth-order valence-corrected chi connectivity index (χ4v) is 2.52. The van der Waals surface area contributed by atoms with Gasteiger partial charge >= 0.3 is 0 Å². The van der Waals surface area contributed by atoms with Crippen LogP contribution in [0.3, 0.4) is 0 Å². The molecule has 0 heterocycles. The first-order valence-electron chi connectivity index (χ1n) is 6.56. The van der Waals surface area contributed by atoms with Gasteiger partial charge in [0.05, 0.1) is 0 Å². The van der Waals surface area contributed by atoms with Crippen molar-refractivity contribution in [3.8, 4) is 12.3 Å². The maximum Gasteiger partial charge on any atom is 0.165 e. The second-order valence-electron chi connectivity index (χ2n) is 5.72. The van der Waals surface area contributed by atoms with E-state index in [1.807, 2.05) is 6.92 Å². The monoisotopic (exact) mass is 236 g/mol. The highest BCUT2D eigenvalue weighted by Crippen LogP contribution is 2.43. The first-order valence-corrected chi connectivity index (χ1v) is 6.56. The van der Waals surface area contributed by atoms with E-state index in [0.29, 0.717) is 24.9 Å². The van der Waals surface area contributed by atoms with Crippen molar-refractivity contribution >= 4 is 5.78 Å². The molecule has 0 saturated heterocycles. The van der Waals surface area contributed by atoms with E-state index in [0.717, 1.165) is 25.7 Å². The normalized spacial score (nSPS) is 21.8. The number of rotatable bonds is 5. The molecule has 0 unspecified atom stereocenters. The molecule has 0 bridgehead atoms. The Bertz CT molecular complexity index is 299. The molecule has 1 fully saturated rings. The summed E-state index contributed by atoms with van der Waals surface area (Å²) in [6.07, 6.45) is 9.99. The maximum absolute atomic E-state index is 12.3. The minimum absolute atomic E-state index is 0.202. The van der Waals surface area contributed by atoms with Crippen LogP contribution < -0.4 is 0 Å². The van der Waals surface area contributed by atoms with Gasteiger partial charge < -0.3 is 4.74 Å². The van der Waals surface area contributed by atoms with E-state index < -0.39 is 5.60 Å². The van der Waals surface area contributed by atoms with E-state index in [9.17, 15) is 4.79 Å². The van der Waals surface area contributed by atoms with Gasteiger partial charge in [0, 0.05) is 19.4 Å². The zero-order valence-electron chi connectivity index (χ0n) is 11.3. The Morgan fingerprint density at radius 2 is 1.88 bits per heavy atom. The average molecular weight is 236 g/mol. The van der Waals surface area contributed by atoms with Gasteiger partial charge in [0.15, 0.2) is 5.78 Å². The van der Waals surface area contributed by atoms with E-state index >= 15 is 0 Å². The number of carbonyl (C=O) groups is 1. The van der Waals surface area contributed by atoms with Gasteiger partial charge in [0.2, 0.25) is 0 Å². The lowest BCUT2D eigenvalue weighted by atomic mass is 9.69. The number of ether oxygens (including phenoxy) is 1. The van der Waals surface area contributed by atoms with Crippen LogP contribution in [0.4, 0.5) is 0 Å². The first kappa shape index (κ1) is 14.3. The van der Waals surface area contributed by atoms with Gasteiger partial charge in [0.1, 0.15) is 5.60 Å². The molecule has 1 aliphatic carbocycles. The van der Waals surface area contributed by atoms with Gasteiger partial charge in [-0.05, 0) is 38.0 Å². The van der Waals surface area contributed by atoms with E-state index in [1.165, 1.54) is 0 Å². The van der Waals surface area contributed by atoms with E-state index in [-0.39, 0.29) is 5.78 Å². The van der Waals surface area contributed by atoms with Crippen molar-refractivity contribution in [1.82, 2.24) is 0 Å². The van der Waals surface area contributed by atoms with Crippen LogP contribution in [0, 0.1) is 17.8 Å². The van der Waals surface area contributed by atoms with Crippen molar-refractivity contribution in [1.29, 1.82) is 0 Å². The van der Waals surface area contributed by atoms with Crippen LogP contribution in [0.5, 0.6) is 0 Å². The van der Waals surface area contributed by atoms with Gasteiger partial charge in [-0.15, -0.1) is 12.3 Å². The molecule has 1 saturated carbocycles. The standard InChI is InChI=1S/C15H24O2/c1-5-7-8-13(16)15(17-6-2)11-9-14(3,4)10-12-15/h1H,6-12H2,2-4H3. The molecule has 0 atom stereocenters. The molecule has 0 radical (unpaired) electrons. The highest BCUT2D eigenvalue weighted by Gasteiger charge is 2.43. The van der Waals surface area contributed by atoms with Crippen LogP contribution in [0.2, 0.25) is 0 Å². The van der Waals surface area contributed by atoms with E-state index in [4.69, 9.17) is 11.2 Å². The van der Waals surface area contributed by atoms with Gasteiger partial charge in [-0.1, -0.05) is 13.8 Å². The van der Waals surface area contributed by atoms with Crippen LogP contribution in [0.15, 0.2) is 0 Å². The minimum atomic E-state index is -0.541. The average Bonchev–Trinajstić information content (AvgIpc) is 2.29. The van der Waals surface area contributed by atoms with Crippen LogP contribution in [-0.2, 0) is 9.53 Å². The Labute approximate surface area is 105 Å². The predicted molar refractivity (Wildman–Crippen MR) is 69.7 cm³/mol. The molecular formula is C15H24O2. The SMILES string of the molecule is C#CCCC(=O)C1(OCC)CCC(C)(C)CC1. The summed E-state index contributed by atoms with van der Waals surface area (Å²) in [5, 5.41) is 0. The van der Waals surface area contributed by atoms with Crippen LogP contribution in [0.1, 0.15) is 59.3 Å². The molecule has 0 aliphatic heterocycles. The lowest BCUT2D eigenvalue weighted by Gasteiger charge is -2.42. The summed E-state index contributed by atoms with van der Waals surface area (Å²) in [6.45, 7) is 7.07. The summed E-state index contributed by atoms with van der Waals surface area (Å²) in [4.78, 5) is 12.3. The summed E-state index contributed by atoms with van der Waals surface area (Å²) in [7, 11) is 0. The molecule has 96 valence electrons. The molecule has 0 spiro atoms. The summed E-state index contributed by atoms with van der Waals surface area (Å²) in [5.41, 5.74) is -0.200. The Morgan fingerprint density at radius 3 is 2.35 bits per heavy atom. The smallest absolute Gasteiger partial charge is 0.165 e. The molecule has 17 heavy (non-hydrogen) atoms. The molecule has 0 aromatic heterocycles. The third-order valence-electron chi connectivity index (χ3n) is 3.84. The number of ketones is 1. The third-order valence-corrected chi connectivity index (χ3v) is 3.84. The zero-order chi connectivity index (χ0) is 12.9. The topological polar surface area (TPSA) is 26.3 Å². The lowest BCUT2D eigenvalue weighted by molar-refractivity contribution is -0.152. The number of hydrogen-bond donors (Lipinski definition) is 0. The number of terminal acetylenes is 1. The van der Waals surface area contributed by atoms with Crippen molar-refractivity contribution in [2.45, 2.75) is 64.9 Å². The third kappa shape index (κ3) is 3.57. The number of hydrogen-bond acceptors (Lipinski definition) is 2. The van der Waals surface area contributed by atoms with Crippen LogP contribution in [-0.4, -0.2) is 18.0 Å². The van der Waals surface area contributed by atoms with Crippen LogP contribution in [0.25, 0.3) is 0 Å². The van der Waals surface area contributed by atoms with Gasteiger partial charge in [-0.2, -0.15) is 0 Å². The van der Waals surface area contributed by atoms with E-state index in [1.54, 1.807) is 0 Å². The summed E-state index contributed by atoms with van der Waals surface area (Å²) >= 11 is 0. The van der Waals surface area contributed by atoms with Gasteiger partial charge in [-0.3, -0.25) is 4.79 Å². The Kier molecular flexibility index (Phi) is 4.77. The second kappa shape index (κ2) is 5.69. The summed E-state index contributed by atoms with van der Waals surface area (Å²) < 4.78 is 5.80. The predicted octanol–water partition coefficient (Wildman–Crippen LogP) is 3.34. The molecule has 0 aromatic rings. The first-order chi connectivity index (χ1) is 7.96. The Hall–Kier alpha value is -0.810. The summed E-state index contributed by atoms with van der Waals surface area (Å²) in [6, 6.07) is 0. The largest absolute Gasteiger partial charge is 0.368 e. The fourth-order valence-electron chi connectivity index (χ4n) is 2.52. The van der Waals surface area contributed by atoms with Crippen LogP contribution >= 0.6 is 0 Å². The molecular weight excluding hydrogens is 212 g/mol. The fraction of sp³-hybridized carbons (Fsp3) is 0.800. The molecule has 0 aromatic carbocycles. The van der Waals surface area contributed by atoms with Crippen molar-refractivity contribution in [3.05, 3.63) is 0 Å². The van der Waals surface area contributed by atoms with E-state index in [2.05, 4.69) is 19.8 Å². The number of Topliss-reactive ketones (excluding diaryl/α,β-unsaturated/α-hetero) is 1. The lowest BCUT2D eigenvalue weighted by Crippen LogP contribution is -2.46. The van der Waals surface area contributed by atoms with Crippen molar-refractivity contribution in [3.63, 3.8) is 0 Å². The molecule has 2 heteroatoms. The van der Waals surface area contributed by atoms with Gasteiger partial charge in [-0.25, -0.2) is 0 Å². The molecule has 1 aliphatic rings. The molecule has 1 rings (SSSR count). The molecule has 0 amide bonds. The zero-order valence-corrected chi connectivity index (χ0v) is 11.3.